The van der Waals surface area contributed by atoms with Gasteiger partial charge in [-0.3, -0.25) is 10.1 Å². The average molecular weight is 894 g/mol. The van der Waals surface area contributed by atoms with Crippen molar-refractivity contribution in [3.05, 3.63) is 187 Å². The lowest BCUT2D eigenvalue weighted by molar-refractivity contribution is -0.729. The van der Waals surface area contributed by atoms with E-state index in [1.54, 1.807) is 22.9 Å². The zero-order chi connectivity index (χ0) is 45.7. The largest absolute Gasteiger partial charge is 0.501 e. The molecule has 1 aromatic heterocycles. The fourth-order valence-corrected chi connectivity index (χ4v) is 6.42. The Labute approximate surface area is 324 Å². The van der Waals surface area contributed by atoms with Crippen molar-refractivity contribution in [3.63, 3.8) is 0 Å². The van der Waals surface area contributed by atoms with Crippen molar-refractivity contribution >= 4 is 33.8 Å². The first-order chi connectivity index (χ1) is 28.5. The fourth-order valence-electron chi connectivity index (χ4n) is 6.42. The molecule has 6 rings (SSSR count). The Morgan fingerprint density at radius 3 is 0.885 bits per heavy atom. The van der Waals surface area contributed by atoms with Gasteiger partial charge in [-0.05, 0) is 6.07 Å². The molecule has 0 aliphatic carbocycles. The summed E-state index contributed by atoms with van der Waals surface area (Å²) in [7, 11) is 0. The lowest BCUT2D eigenvalue weighted by Crippen LogP contribution is -2.81. The summed E-state index contributed by atoms with van der Waals surface area (Å²) in [6, 6.07) is 14.6. The molecule has 1 heterocycles. The second kappa shape index (κ2) is 16.8. The molecule has 0 saturated carbocycles. The van der Waals surface area contributed by atoms with Gasteiger partial charge in [0.1, 0.15) is 57.6 Å². The van der Waals surface area contributed by atoms with E-state index in [1.165, 1.54) is 6.07 Å². The van der Waals surface area contributed by atoms with Crippen LogP contribution in [0.1, 0.15) is 5.56 Å². The molecule has 0 amide bonds. The van der Waals surface area contributed by atoms with Crippen LogP contribution in [0.4, 0.5) is 93.6 Å². The minimum absolute atomic E-state index is 0.103. The number of hydrogen-bond acceptors (Lipinski definition) is 2. The molecule has 0 saturated heterocycles. The van der Waals surface area contributed by atoms with Crippen molar-refractivity contribution < 1.29 is 97.3 Å². The number of nitrogens with zero attached hydrogens (tertiary/aromatic N) is 2. The molecule has 0 radical (unpaired) electrons. The third kappa shape index (κ3) is 7.13. The Kier molecular flexibility index (Phi) is 12.5. The van der Waals surface area contributed by atoms with Crippen molar-refractivity contribution in [1.29, 1.82) is 0 Å². The predicted molar refractivity (Wildman–Crippen MR) is 168 cm³/mol. The third-order valence-electron chi connectivity index (χ3n) is 9.01. The van der Waals surface area contributed by atoms with Crippen molar-refractivity contribution in [2.75, 3.05) is 0 Å². The van der Waals surface area contributed by atoms with E-state index >= 15 is 35.1 Å². The van der Waals surface area contributed by atoms with E-state index in [2.05, 4.69) is 0 Å². The maximum absolute atomic E-state index is 15.4. The van der Waals surface area contributed by atoms with E-state index in [9.17, 15) is 62.8 Å². The van der Waals surface area contributed by atoms with Gasteiger partial charge >= 0.3 is 5.82 Å². The topological polar surface area (TPSA) is 47.0 Å². The van der Waals surface area contributed by atoms with Gasteiger partial charge in [0, 0.05) is 11.6 Å². The Morgan fingerprint density at radius 1 is 0.377 bits per heavy atom. The van der Waals surface area contributed by atoms with Crippen LogP contribution in [0.2, 0.25) is 0 Å². The summed E-state index contributed by atoms with van der Waals surface area (Å²) in [5.41, 5.74) is -13.3. The highest BCUT2D eigenvalue weighted by atomic mass is 19.2. The Bertz CT molecular complexity index is 2390. The maximum atomic E-state index is 15.4. The highest BCUT2D eigenvalue weighted by molar-refractivity contribution is 7.20. The van der Waals surface area contributed by atoms with E-state index in [0.29, 0.717) is 6.54 Å². The molecule has 5 aromatic carbocycles. The molecular formula is C36H11BF20N2O2. The lowest BCUT2D eigenvalue weighted by Gasteiger charge is -2.44. The minimum Gasteiger partial charge on any atom is -0.253 e. The van der Waals surface area contributed by atoms with E-state index in [-0.39, 0.29) is 10.7 Å². The summed E-state index contributed by atoms with van der Waals surface area (Å²) in [6.45, 7) is 0.512. The van der Waals surface area contributed by atoms with Crippen LogP contribution < -0.4 is 26.4 Å². The first kappa shape index (κ1) is 45.4. The molecule has 0 atom stereocenters. The van der Waals surface area contributed by atoms with Crippen molar-refractivity contribution in [3.8, 4) is 0 Å². The molecule has 0 aliphatic rings. The Morgan fingerprint density at radius 2 is 0.623 bits per heavy atom. The van der Waals surface area contributed by atoms with Gasteiger partial charge in [-0.15, -0.1) is 26.4 Å². The zero-order valence-corrected chi connectivity index (χ0v) is 28.8. The maximum Gasteiger partial charge on any atom is 0.501 e. The molecule has 0 spiro atoms. The lowest BCUT2D eigenvalue weighted by atomic mass is 9.12. The summed E-state index contributed by atoms with van der Waals surface area (Å²) in [6.07, 6.45) is -5.50. The smallest absolute Gasteiger partial charge is 0.253 e. The number of halogens is 20. The molecule has 4 nitrogen and oxygen atoms in total. The van der Waals surface area contributed by atoms with E-state index in [4.69, 9.17) is 0 Å². The van der Waals surface area contributed by atoms with Gasteiger partial charge in [0.25, 0.3) is 0 Å². The summed E-state index contributed by atoms with van der Waals surface area (Å²) < 4.78 is 296. The Hall–Kier alpha value is -6.69. The van der Waals surface area contributed by atoms with Gasteiger partial charge in [0.05, 0.1) is 6.07 Å². The normalized spacial score (nSPS) is 11.5. The summed E-state index contributed by atoms with van der Waals surface area (Å²) >= 11 is 0. The van der Waals surface area contributed by atoms with Gasteiger partial charge in [0.2, 0.25) is 0 Å². The van der Waals surface area contributed by atoms with Crippen LogP contribution >= 0.6 is 0 Å². The van der Waals surface area contributed by atoms with Gasteiger partial charge in [-0.25, -0.2) is 87.8 Å². The van der Waals surface area contributed by atoms with Crippen LogP contribution in [0, 0.1) is 126 Å². The number of rotatable bonds is 7. The number of hydrogen-bond donors (Lipinski definition) is 0. The molecule has 25 heteroatoms. The van der Waals surface area contributed by atoms with Crippen molar-refractivity contribution in [2.24, 2.45) is 0 Å². The average Bonchev–Trinajstić information content (AvgIpc) is 3.24. The van der Waals surface area contributed by atoms with Crippen LogP contribution in [0.5, 0.6) is 0 Å². The quantitative estimate of drug-likeness (QED) is 0.0313. The SMILES string of the molecule is Fc1c(F)c(F)c([B-](c2c(F)c(F)c(F)c(F)c2F)(c2c(F)c(F)c(F)c(F)c2F)c2c(F)c(F)c(F)c(F)c2F)c(F)c1F.O=[N+]([O-])c1cccc[n+]1Cc1ccccc1. The molecular weight excluding hydrogens is 883 g/mol. The van der Waals surface area contributed by atoms with Gasteiger partial charge in [0.15, 0.2) is 82.5 Å². The van der Waals surface area contributed by atoms with Crippen LogP contribution in [0.3, 0.4) is 0 Å². The highest BCUT2D eigenvalue weighted by Crippen LogP contribution is 2.30. The molecule has 61 heavy (non-hydrogen) atoms. The van der Waals surface area contributed by atoms with Gasteiger partial charge < -0.3 is 0 Å². The van der Waals surface area contributed by atoms with Crippen LogP contribution in [-0.4, -0.2) is 11.1 Å². The predicted octanol–water partition coefficient (Wildman–Crippen LogP) is 7.78. The fraction of sp³-hybridized carbons (Fsp3) is 0.0278. The third-order valence-corrected chi connectivity index (χ3v) is 9.01. The molecule has 0 N–H and O–H groups in total. The number of aromatic nitrogens is 1. The summed E-state index contributed by atoms with van der Waals surface area (Å²) in [4.78, 5) is 10.4. The first-order valence-electron chi connectivity index (χ1n) is 15.9. The first-order valence-corrected chi connectivity index (χ1v) is 15.9. The molecule has 0 bridgehead atoms. The van der Waals surface area contributed by atoms with E-state index in [1.807, 2.05) is 30.3 Å². The van der Waals surface area contributed by atoms with Crippen LogP contribution in [0.25, 0.3) is 0 Å². The monoisotopic (exact) mass is 894 g/mol. The second-order valence-corrected chi connectivity index (χ2v) is 12.2. The Balaban J connectivity index is 0.000000366. The van der Waals surface area contributed by atoms with Gasteiger partial charge in [-0.2, -0.15) is 0 Å². The van der Waals surface area contributed by atoms with Crippen LogP contribution in [0.15, 0.2) is 54.7 Å². The van der Waals surface area contributed by atoms with Crippen LogP contribution in [-0.2, 0) is 6.54 Å². The van der Waals surface area contributed by atoms with E-state index in [0.717, 1.165) is 5.56 Å². The van der Waals surface area contributed by atoms with Crippen molar-refractivity contribution in [2.45, 2.75) is 6.54 Å². The van der Waals surface area contributed by atoms with Gasteiger partial charge in [-0.1, -0.05) is 30.3 Å². The number of nitro groups is 1. The summed E-state index contributed by atoms with van der Waals surface area (Å²) in [5.74, 6) is -71.3. The molecule has 320 valence electrons. The molecule has 0 fully saturated rings. The van der Waals surface area contributed by atoms with Crippen molar-refractivity contribution in [1.82, 2.24) is 0 Å². The highest BCUT2D eigenvalue weighted by Gasteiger charge is 2.52. The molecule has 0 aliphatic heterocycles. The summed E-state index contributed by atoms with van der Waals surface area (Å²) in [5, 5.41) is 10.8. The second-order valence-electron chi connectivity index (χ2n) is 12.2. The number of pyridine rings is 1. The molecule has 0 unspecified atom stereocenters. The zero-order valence-electron chi connectivity index (χ0n) is 28.8. The van der Waals surface area contributed by atoms with E-state index < -0.39 is 144 Å². The minimum atomic E-state index is -7.22. The number of benzene rings is 5. The standard InChI is InChI=1S/C24BF20.C12H11N2O2/c26-5-1(6(27)14(35)21(42)13(5)34)25(2-7(28)15(36)22(43)16(37)8(2)29,3-9(30)17(38)23(44)18(39)10(3)31)4-11(32)19(40)24(45)20(41)12(4)33;15-14(16)12-8-4-5-9-13(12)10-11-6-2-1-3-7-11/h;1-9H,10H2/q-1;+1. The molecule has 6 aromatic rings.